The Bertz CT molecular complexity index is 174. The Kier molecular flexibility index (Phi) is 7.55. The first-order valence-electron chi connectivity index (χ1n) is 5.16. The van der Waals surface area contributed by atoms with Gasteiger partial charge in [-0.1, -0.05) is 39.5 Å². The van der Waals surface area contributed by atoms with Gasteiger partial charge in [-0.2, -0.15) is 12.6 Å². The minimum atomic E-state index is -0.873. The predicted octanol–water partition coefficient (Wildman–Crippen LogP) is 3.42. The van der Waals surface area contributed by atoms with Gasteiger partial charge in [0, 0.05) is 0 Å². The van der Waals surface area contributed by atoms with Gasteiger partial charge in [-0.15, -0.1) is 11.8 Å². The van der Waals surface area contributed by atoms with E-state index >= 15 is 0 Å². The molecular weight excluding hydrogens is 216 g/mol. The second-order valence-electron chi connectivity index (χ2n) is 3.33. The Morgan fingerprint density at radius 2 is 2.00 bits per heavy atom. The van der Waals surface area contributed by atoms with Crippen LogP contribution in [-0.2, 0) is 4.79 Å². The molecule has 0 aromatic carbocycles. The van der Waals surface area contributed by atoms with Gasteiger partial charge < -0.3 is 5.11 Å². The first kappa shape index (κ1) is 14.2. The molecule has 4 heteroatoms. The summed E-state index contributed by atoms with van der Waals surface area (Å²) in [4.78, 5) is 11.0. The molecule has 0 bridgehead atoms. The van der Waals surface area contributed by atoms with E-state index in [4.69, 9.17) is 5.11 Å². The van der Waals surface area contributed by atoms with Crippen molar-refractivity contribution < 1.29 is 9.90 Å². The maximum absolute atomic E-state index is 11.0. The van der Waals surface area contributed by atoms with Crippen molar-refractivity contribution in [2.24, 2.45) is 0 Å². The van der Waals surface area contributed by atoms with Gasteiger partial charge in [0.05, 0.1) is 0 Å². The molecule has 0 aromatic heterocycles. The van der Waals surface area contributed by atoms with E-state index in [-0.39, 0.29) is 0 Å². The molecule has 0 spiro atoms. The minimum absolute atomic E-state index is 0.657. The Morgan fingerprint density at radius 3 is 2.43 bits per heavy atom. The lowest BCUT2D eigenvalue weighted by Gasteiger charge is -2.22. The second-order valence-corrected chi connectivity index (χ2v) is 5.96. The molecule has 1 unspecified atom stereocenters. The summed E-state index contributed by atoms with van der Waals surface area (Å²) in [6.45, 7) is 4.11. The zero-order chi connectivity index (χ0) is 11.0. The van der Waals surface area contributed by atoms with Crippen LogP contribution in [0.4, 0.5) is 0 Å². The molecule has 0 rings (SSSR count). The zero-order valence-electron chi connectivity index (χ0n) is 8.95. The number of carboxylic acids is 1. The molecule has 0 radical (unpaired) electrons. The lowest BCUT2D eigenvalue weighted by Crippen LogP contribution is -2.28. The third-order valence-corrected chi connectivity index (χ3v) is 4.03. The molecular formula is C10H20O2S2. The summed E-state index contributed by atoms with van der Waals surface area (Å²) in [5, 5.41) is 9.02. The number of hydrogen-bond donors (Lipinski definition) is 2. The second kappa shape index (κ2) is 7.46. The van der Waals surface area contributed by atoms with E-state index < -0.39 is 10.0 Å². The van der Waals surface area contributed by atoms with Gasteiger partial charge in [0.25, 0.3) is 0 Å². The molecule has 0 amide bonds. The first-order valence-corrected chi connectivity index (χ1v) is 6.59. The van der Waals surface area contributed by atoms with Crippen molar-refractivity contribution in [3.8, 4) is 0 Å². The number of carboxylic acid groups (broad SMARTS) is 1. The van der Waals surface area contributed by atoms with Crippen molar-refractivity contribution in [1.82, 2.24) is 0 Å². The van der Waals surface area contributed by atoms with Crippen LogP contribution in [0.15, 0.2) is 0 Å². The number of carbonyl (C=O) groups is 1. The normalized spacial score (nSPS) is 15.1. The van der Waals surface area contributed by atoms with E-state index in [1.165, 1.54) is 24.6 Å². The van der Waals surface area contributed by atoms with E-state index in [2.05, 4.69) is 19.6 Å². The van der Waals surface area contributed by atoms with E-state index in [0.29, 0.717) is 6.42 Å². The predicted molar refractivity (Wildman–Crippen MR) is 66.2 cm³/mol. The van der Waals surface area contributed by atoms with Crippen LogP contribution in [0, 0.1) is 0 Å². The summed E-state index contributed by atoms with van der Waals surface area (Å²) in [6.07, 6.45) is 5.07. The van der Waals surface area contributed by atoms with E-state index in [9.17, 15) is 4.79 Å². The summed E-state index contributed by atoms with van der Waals surface area (Å²) < 4.78 is -0.873. The molecule has 14 heavy (non-hydrogen) atoms. The zero-order valence-corrected chi connectivity index (χ0v) is 10.7. The van der Waals surface area contributed by atoms with Gasteiger partial charge in [0.1, 0.15) is 0 Å². The maximum atomic E-state index is 11.0. The highest BCUT2D eigenvalue weighted by molar-refractivity contribution is 8.12. The number of hydrogen-bond acceptors (Lipinski definition) is 3. The van der Waals surface area contributed by atoms with Crippen molar-refractivity contribution in [3.63, 3.8) is 0 Å². The molecule has 1 atom stereocenters. The number of thioether (sulfide) groups is 1. The number of rotatable bonds is 8. The van der Waals surface area contributed by atoms with Gasteiger partial charge >= 0.3 is 5.97 Å². The average Bonchev–Trinajstić information content (AvgIpc) is 2.13. The highest BCUT2D eigenvalue weighted by Gasteiger charge is 2.33. The molecule has 0 saturated carbocycles. The minimum Gasteiger partial charge on any atom is -0.480 e. The van der Waals surface area contributed by atoms with Gasteiger partial charge in [-0.25, -0.2) is 4.79 Å². The van der Waals surface area contributed by atoms with Crippen LogP contribution in [0.25, 0.3) is 0 Å². The van der Waals surface area contributed by atoms with Gasteiger partial charge in [-0.05, 0) is 12.2 Å². The van der Waals surface area contributed by atoms with E-state index in [1.54, 1.807) is 0 Å². The summed E-state index contributed by atoms with van der Waals surface area (Å²) in [5.74, 6) is -0.00647. The average molecular weight is 236 g/mol. The molecule has 0 aliphatic heterocycles. The lowest BCUT2D eigenvalue weighted by atomic mass is 10.1. The van der Waals surface area contributed by atoms with Crippen molar-refractivity contribution in [2.75, 3.05) is 5.75 Å². The Balaban J connectivity index is 3.90. The van der Waals surface area contributed by atoms with Crippen LogP contribution in [0.5, 0.6) is 0 Å². The highest BCUT2D eigenvalue weighted by Crippen LogP contribution is 2.35. The fourth-order valence-corrected chi connectivity index (χ4v) is 2.71. The van der Waals surface area contributed by atoms with Crippen LogP contribution in [0.3, 0.4) is 0 Å². The van der Waals surface area contributed by atoms with Crippen molar-refractivity contribution in [2.45, 2.75) is 50.0 Å². The SMILES string of the molecule is CCCCCCC(S)(SCC)C(=O)O. The standard InChI is InChI=1S/C10H20O2S2/c1-3-5-6-7-8-10(13,9(11)12)14-4-2/h13H,3-8H2,1-2H3,(H,11,12). The summed E-state index contributed by atoms with van der Waals surface area (Å²) >= 11 is 5.67. The van der Waals surface area contributed by atoms with Crippen molar-refractivity contribution >= 4 is 30.4 Å². The molecule has 0 aromatic rings. The number of aliphatic carboxylic acids is 1. The van der Waals surface area contributed by atoms with Crippen molar-refractivity contribution in [1.29, 1.82) is 0 Å². The van der Waals surface area contributed by atoms with Gasteiger partial charge in [-0.3, -0.25) is 0 Å². The van der Waals surface area contributed by atoms with E-state index in [0.717, 1.165) is 18.6 Å². The van der Waals surface area contributed by atoms with Crippen LogP contribution in [0.1, 0.15) is 46.0 Å². The Morgan fingerprint density at radius 1 is 1.36 bits per heavy atom. The fourth-order valence-electron chi connectivity index (χ4n) is 1.27. The largest absolute Gasteiger partial charge is 0.480 e. The first-order chi connectivity index (χ1) is 6.56. The Labute approximate surface area is 96.3 Å². The summed E-state index contributed by atoms with van der Waals surface area (Å²) in [7, 11) is 0. The monoisotopic (exact) mass is 236 g/mol. The molecule has 0 heterocycles. The van der Waals surface area contributed by atoms with Gasteiger partial charge in [0.2, 0.25) is 0 Å². The third-order valence-electron chi connectivity index (χ3n) is 2.09. The number of thiol groups is 1. The summed E-state index contributed by atoms with van der Waals surface area (Å²) in [5.41, 5.74) is 0. The molecule has 1 N–H and O–H groups in total. The molecule has 0 aliphatic rings. The Hall–Kier alpha value is 0.170. The third kappa shape index (κ3) is 5.15. The topological polar surface area (TPSA) is 37.3 Å². The molecule has 84 valence electrons. The van der Waals surface area contributed by atoms with Crippen LogP contribution in [-0.4, -0.2) is 20.9 Å². The fraction of sp³-hybridized carbons (Fsp3) is 0.900. The van der Waals surface area contributed by atoms with Crippen LogP contribution in [0.2, 0.25) is 0 Å². The van der Waals surface area contributed by atoms with Gasteiger partial charge in [0.15, 0.2) is 4.08 Å². The molecule has 2 nitrogen and oxygen atoms in total. The molecule has 0 saturated heterocycles. The maximum Gasteiger partial charge on any atom is 0.329 e. The van der Waals surface area contributed by atoms with Crippen LogP contribution >= 0.6 is 24.4 Å². The number of unbranched alkanes of at least 4 members (excludes halogenated alkanes) is 3. The smallest absolute Gasteiger partial charge is 0.329 e. The lowest BCUT2D eigenvalue weighted by molar-refractivity contribution is -0.137. The quantitative estimate of drug-likeness (QED) is 0.385. The van der Waals surface area contributed by atoms with Crippen molar-refractivity contribution in [3.05, 3.63) is 0 Å². The highest BCUT2D eigenvalue weighted by atomic mass is 32.2. The van der Waals surface area contributed by atoms with Crippen LogP contribution < -0.4 is 0 Å². The summed E-state index contributed by atoms with van der Waals surface area (Å²) in [6, 6.07) is 0. The molecule has 0 fully saturated rings. The molecule has 0 aliphatic carbocycles. The van der Waals surface area contributed by atoms with E-state index in [1.807, 2.05) is 6.92 Å².